The molecule has 0 fully saturated rings. The number of fused-ring (bicyclic) bond motifs is 1. The lowest BCUT2D eigenvalue weighted by Crippen LogP contribution is -2.21. The standard InChI is InChI=1S/C12H14ClN3O2S/c1-6(4-9(17)18-3)14-10-8-5-7(2)19-11(8)16-12(13)15-10/h5-6H,4H2,1-3H3,(H,14,15,16). The molecule has 0 aliphatic heterocycles. The van der Waals surface area contributed by atoms with Gasteiger partial charge in [0.1, 0.15) is 10.6 Å². The van der Waals surface area contributed by atoms with E-state index in [1.807, 2.05) is 19.9 Å². The molecule has 7 heteroatoms. The lowest BCUT2D eigenvalue weighted by Gasteiger charge is -2.13. The molecule has 0 amide bonds. The fourth-order valence-corrected chi connectivity index (χ4v) is 2.84. The van der Waals surface area contributed by atoms with Gasteiger partial charge in [0.15, 0.2) is 0 Å². The first-order chi connectivity index (χ1) is 8.99. The van der Waals surface area contributed by atoms with Crippen LogP contribution in [-0.2, 0) is 9.53 Å². The van der Waals surface area contributed by atoms with Crippen LogP contribution in [0.15, 0.2) is 6.07 Å². The lowest BCUT2D eigenvalue weighted by atomic mass is 10.2. The van der Waals surface area contributed by atoms with Crippen molar-refractivity contribution >= 4 is 44.9 Å². The normalized spacial score (nSPS) is 12.4. The molecule has 1 unspecified atom stereocenters. The fourth-order valence-electron chi connectivity index (χ4n) is 1.74. The van der Waals surface area contributed by atoms with Crippen LogP contribution in [0.1, 0.15) is 18.2 Å². The van der Waals surface area contributed by atoms with Crippen LogP contribution < -0.4 is 5.32 Å². The molecule has 2 aromatic rings. The number of aromatic nitrogens is 2. The van der Waals surface area contributed by atoms with Crippen molar-refractivity contribution in [3.8, 4) is 0 Å². The highest BCUT2D eigenvalue weighted by Gasteiger charge is 2.14. The van der Waals surface area contributed by atoms with Crippen molar-refractivity contribution in [2.24, 2.45) is 0 Å². The summed E-state index contributed by atoms with van der Waals surface area (Å²) in [5.74, 6) is 0.383. The zero-order chi connectivity index (χ0) is 14.0. The van der Waals surface area contributed by atoms with Crippen LogP contribution in [0.25, 0.3) is 10.2 Å². The Balaban J connectivity index is 2.26. The van der Waals surface area contributed by atoms with Gasteiger partial charge >= 0.3 is 5.97 Å². The number of carbonyl (C=O) groups excluding carboxylic acids is 1. The zero-order valence-corrected chi connectivity index (χ0v) is 12.4. The molecular formula is C12H14ClN3O2S. The molecule has 0 aliphatic rings. The highest BCUT2D eigenvalue weighted by Crippen LogP contribution is 2.29. The number of nitrogens with zero attached hydrogens (tertiary/aromatic N) is 2. The third kappa shape index (κ3) is 3.33. The Morgan fingerprint density at radius 3 is 3.00 bits per heavy atom. The summed E-state index contributed by atoms with van der Waals surface area (Å²) < 4.78 is 4.64. The van der Waals surface area contributed by atoms with Crippen molar-refractivity contribution in [2.45, 2.75) is 26.3 Å². The van der Waals surface area contributed by atoms with Gasteiger partial charge in [0.25, 0.3) is 0 Å². The molecule has 19 heavy (non-hydrogen) atoms. The highest BCUT2D eigenvalue weighted by atomic mass is 35.5. The fraction of sp³-hybridized carbons (Fsp3) is 0.417. The monoisotopic (exact) mass is 299 g/mol. The molecule has 0 aromatic carbocycles. The van der Waals surface area contributed by atoms with Crippen LogP contribution in [0.5, 0.6) is 0 Å². The summed E-state index contributed by atoms with van der Waals surface area (Å²) in [4.78, 5) is 21.6. The number of ether oxygens (including phenoxy) is 1. The molecule has 0 bridgehead atoms. The number of halogens is 1. The molecule has 2 aromatic heterocycles. The number of anilines is 1. The third-order valence-corrected chi connectivity index (χ3v) is 3.69. The molecule has 0 radical (unpaired) electrons. The predicted octanol–water partition coefficient (Wildman–Crippen LogP) is 3.02. The van der Waals surface area contributed by atoms with Crippen LogP contribution >= 0.6 is 22.9 Å². The van der Waals surface area contributed by atoms with Gasteiger partial charge in [-0.25, -0.2) is 9.97 Å². The number of esters is 1. The second-order valence-electron chi connectivity index (χ2n) is 4.24. The number of thiophene rings is 1. The summed E-state index contributed by atoms with van der Waals surface area (Å²) in [5, 5.41) is 4.29. The van der Waals surface area contributed by atoms with Gasteiger partial charge in [-0.05, 0) is 31.5 Å². The Bertz CT molecular complexity index is 614. The molecule has 1 atom stereocenters. The number of hydrogen-bond donors (Lipinski definition) is 1. The maximum atomic E-state index is 11.2. The largest absolute Gasteiger partial charge is 0.469 e. The topological polar surface area (TPSA) is 64.1 Å². The minimum atomic E-state index is -0.266. The van der Waals surface area contributed by atoms with Gasteiger partial charge in [0, 0.05) is 10.9 Å². The van der Waals surface area contributed by atoms with E-state index in [9.17, 15) is 4.79 Å². The van der Waals surface area contributed by atoms with E-state index in [0.29, 0.717) is 5.82 Å². The number of aryl methyl sites for hydroxylation is 1. The Morgan fingerprint density at radius 1 is 1.58 bits per heavy atom. The summed E-state index contributed by atoms with van der Waals surface area (Å²) in [5.41, 5.74) is 0. The van der Waals surface area contributed by atoms with Gasteiger partial charge in [0.05, 0.1) is 18.9 Å². The van der Waals surface area contributed by atoms with E-state index in [-0.39, 0.29) is 23.7 Å². The summed E-state index contributed by atoms with van der Waals surface area (Å²) in [6, 6.07) is 1.91. The SMILES string of the molecule is COC(=O)CC(C)Nc1nc(Cl)nc2sc(C)cc12. The molecular weight excluding hydrogens is 286 g/mol. The van der Waals surface area contributed by atoms with E-state index in [1.165, 1.54) is 7.11 Å². The van der Waals surface area contributed by atoms with Crippen molar-refractivity contribution in [2.75, 3.05) is 12.4 Å². The Kier molecular flexibility index (Phi) is 4.21. The molecule has 5 nitrogen and oxygen atoms in total. The van der Waals surface area contributed by atoms with Crippen LogP contribution in [-0.4, -0.2) is 29.1 Å². The average molecular weight is 300 g/mol. The second kappa shape index (κ2) is 5.71. The summed E-state index contributed by atoms with van der Waals surface area (Å²) in [7, 11) is 1.37. The van der Waals surface area contributed by atoms with Gasteiger partial charge in [-0.2, -0.15) is 0 Å². The molecule has 0 spiro atoms. The quantitative estimate of drug-likeness (QED) is 0.694. The molecule has 0 aliphatic carbocycles. The van der Waals surface area contributed by atoms with Gasteiger partial charge in [-0.15, -0.1) is 11.3 Å². The van der Waals surface area contributed by atoms with Gasteiger partial charge in [-0.1, -0.05) is 0 Å². The van der Waals surface area contributed by atoms with E-state index < -0.39 is 0 Å². The van der Waals surface area contributed by atoms with E-state index in [0.717, 1.165) is 15.1 Å². The molecule has 1 N–H and O–H groups in total. The number of rotatable bonds is 4. The van der Waals surface area contributed by atoms with Crippen LogP contribution in [0, 0.1) is 6.92 Å². The van der Waals surface area contributed by atoms with Crippen molar-refractivity contribution in [1.29, 1.82) is 0 Å². The first-order valence-corrected chi connectivity index (χ1v) is 6.96. The molecule has 102 valence electrons. The van der Waals surface area contributed by atoms with Gasteiger partial charge in [0.2, 0.25) is 5.28 Å². The summed E-state index contributed by atoms with van der Waals surface area (Å²) in [6.45, 7) is 3.89. The Morgan fingerprint density at radius 2 is 2.32 bits per heavy atom. The van der Waals surface area contributed by atoms with E-state index in [2.05, 4.69) is 20.0 Å². The van der Waals surface area contributed by atoms with Gasteiger partial charge in [-0.3, -0.25) is 4.79 Å². The Labute approximate surface area is 120 Å². The number of carbonyl (C=O) groups is 1. The van der Waals surface area contributed by atoms with Crippen LogP contribution in [0.3, 0.4) is 0 Å². The summed E-state index contributed by atoms with van der Waals surface area (Å²) >= 11 is 7.46. The minimum absolute atomic E-state index is 0.0955. The van der Waals surface area contributed by atoms with Crippen LogP contribution in [0.2, 0.25) is 5.28 Å². The number of methoxy groups -OCH3 is 1. The Hall–Kier alpha value is -1.40. The molecule has 0 saturated heterocycles. The van der Waals surface area contributed by atoms with E-state index in [4.69, 9.17) is 11.6 Å². The van der Waals surface area contributed by atoms with E-state index in [1.54, 1.807) is 11.3 Å². The molecule has 2 heterocycles. The smallest absolute Gasteiger partial charge is 0.307 e. The molecule has 0 saturated carbocycles. The minimum Gasteiger partial charge on any atom is -0.469 e. The average Bonchev–Trinajstić information content (AvgIpc) is 2.69. The highest BCUT2D eigenvalue weighted by molar-refractivity contribution is 7.18. The van der Waals surface area contributed by atoms with Crippen molar-refractivity contribution in [1.82, 2.24) is 9.97 Å². The number of hydrogen-bond acceptors (Lipinski definition) is 6. The molecule has 2 rings (SSSR count). The number of nitrogens with one attached hydrogen (secondary N) is 1. The second-order valence-corrected chi connectivity index (χ2v) is 5.82. The maximum Gasteiger partial charge on any atom is 0.307 e. The van der Waals surface area contributed by atoms with Crippen molar-refractivity contribution in [3.63, 3.8) is 0 Å². The third-order valence-electron chi connectivity index (χ3n) is 2.57. The van der Waals surface area contributed by atoms with E-state index >= 15 is 0 Å². The van der Waals surface area contributed by atoms with Crippen LogP contribution in [0.4, 0.5) is 5.82 Å². The summed E-state index contributed by atoms with van der Waals surface area (Å²) in [6.07, 6.45) is 0.267. The van der Waals surface area contributed by atoms with Gasteiger partial charge < -0.3 is 10.1 Å². The van der Waals surface area contributed by atoms with Crippen molar-refractivity contribution in [3.05, 3.63) is 16.2 Å². The maximum absolute atomic E-state index is 11.2. The van der Waals surface area contributed by atoms with Crippen molar-refractivity contribution < 1.29 is 9.53 Å². The predicted molar refractivity (Wildman–Crippen MR) is 76.9 cm³/mol. The first-order valence-electron chi connectivity index (χ1n) is 5.76. The first kappa shape index (κ1) is 14.0. The zero-order valence-electron chi connectivity index (χ0n) is 10.9. The lowest BCUT2D eigenvalue weighted by molar-refractivity contribution is -0.140.